The minimum absolute atomic E-state index is 0.276. The molecule has 3 heteroatoms. The third-order valence-corrected chi connectivity index (χ3v) is 3.35. The van der Waals surface area contributed by atoms with Crippen molar-refractivity contribution in [2.75, 3.05) is 0 Å². The summed E-state index contributed by atoms with van der Waals surface area (Å²) in [5.41, 5.74) is -0.299. The van der Waals surface area contributed by atoms with Gasteiger partial charge in [-0.2, -0.15) is 0 Å². The zero-order valence-electron chi connectivity index (χ0n) is 9.03. The van der Waals surface area contributed by atoms with Crippen LogP contribution in [0.15, 0.2) is 28.7 Å². The molecule has 0 amide bonds. The first kappa shape index (κ1) is 9.85. The Hall–Kier alpha value is -1.35. The van der Waals surface area contributed by atoms with Crippen molar-refractivity contribution < 1.29 is 13.9 Å². The molecule has 1 atom stereocenters. The van der Waals surface area contributed by atoms with Crippen LogP contribution in [0.5, 0.6) is 0 Å². The van der Waals surface area contributed by atoms with Gasteiger partial charge in [0.2, 0.25) is 0 Å². The number of aliphatic hydroxyl groups is 1. The van der Waals surface area contributed by atoms with E-state index in [1.807, 2.05) is 0 Å². The van der Waals surface area contributed by atoms with Crippen LogP contribution in [-0.2, 0) is 5.60 Å². The van der Waals surface area contributed by atoms with Crippen molar-refractivity contribution in [2.24, 2.45) is 5.92 Å². The Labute approximate surface area is 92.7 Å². The van der Waals surface area contributed by atoms with E-state index < -0.39 is 5.60 Å². The van der Waals surface area contributed by atoms with Crippen LogP contribution in [-0.4, -0.2) is 5.11 Å². The number of hydrogen-bond acceptors (Lipinski definition) is 2. The molecule has 1 aliphatic carbocycles. The van der Waals surface area contributed by atoms with Gasteiger partial charge in [-0.1, -0.05) is 0 Å². The van der Waals surface area contributed by atoms with Crippen LogP contribution in [0, 0.1) is 11.7 Å². The van der Waals surface area contributed by atoms with Crippen molar-refractivity contribution in [1.29, 1.82) is 0 Å². The summed E-state index contributed by atoms with van der Waals surface area (Å²) in [6, 6.07) is 6.11. The second-order valence-electron chi connectivity index (χ2n) is 4.71. The molecule has 2 aromatic rings. The quantitative estimate of drug-likeness (QED) is 0.843. The van der Waals surface area contributed by atoms with Crippen molar-refractivity contribution in [3.8, 4) is 0 Å². The molecule has 16 heavy (non-hydrogen) atoms. The number of fused-ring (bicyclic) bond motifs is 1. The highest BCUT2D eigenvalue weighted by molar-refractivity contribution is 5.78. The Balaban J connectivity index is 2.11. The third kappa shape index (κ3) is 1.43. The minimum Gasteiger partial charge on any atom is -0.458 e. The maximum absolute atomic E-state index is 13.0. The summed E-state index contributed by atoms with van der Waals surface area (Å²) >= 11 is 0. The van der Waals surface area contributed by atoms with E-state index in [4.69, 9.17) is 4.42 Å². The number of hydrogen-bond donors (Lipinski definition) is 1. The maximum Gasteiger partial charge on any atom is 0.136 e. The van der Waals surface area contributed by atoms with Crippen LogP contribution in [0.2, 0.25) is 0 Å². The number of furan rings is 1. The van der Waals surface area contributed by atoms with Gasteiger partial charge in [0, 0.05) is 5.39 Å². The summed E-state index contributed by atoms with van der Waals surface area (Å²) in [5, 5.41) is 11.0. The van der Waals surface area contributed by atoms with E-state index in [2.05, 4.69) is 0 Å². The Kier molecular flexibility index (Phi) is 1.89. The summed E-state index contributed by atoms with van der Waals surface area (Å²) in [5.74, 6) is 0.527. The predicted octanol–water partition coefficient (Wildman–Crippen LogP) is 3.19. The SMILES string of the molecule is CC(O)(c1cc2cc(F)ccc2o1)C1CC1. The zero-order valence-corrected chi connectivity index (χ0v) is 9.03. The lowest BCUT2D eigenvalue weighted by Crippen LogP contribution is -2.22. The molecule has 0 radical (unpaired) electrons. The molecule has 0 aliphatic heterocycles. The molecule has 3 rings (SSSR count). The normalized spacial score (nSPS) is 19.9. The van der Waals surface area contributed by atoms with E-state index in [0.717, 1.165) is 12.8 Å². The van der Waals surface area contributed by atoms with Crippen molar-refractivity contribution in [3.05, 3.63) is 35.8 Å². The van der Waals surface area contributed by atoms with Gasteiger partial charge in [0.15, 0.2) is 0 Å². The molecule has 0 saturated heterocycles. The van der Waals surface area contributed by atoms with E-state index >= 15 is 0 Å². The molecule has 1 saturated carbocycles. The molecule has 84 valence electrons. The van der Waals surface area contributed by atoms with E-state index in [9.17, 15) is 9.50 Å². The lowest BCUT2D eigenvalue weighted by Gasteiger charge is -2.19. The molecule has 1 aliphatic rings. The summed E-state index contributed by atoms with van der Waals surface area (Å²) in [6.07, 6.45) is 2.05. The van der Waals surface area contributed by atoms with E-state index in [-0.39, 0.29) is 11.7 Å². The van der Waals surface area contributed by atoms with Gasteiger partial charge in [-0.05, 0) is 49.9 Å². The van der Waals surface area contributed by atoms with Crippen LogP contribution in [0.3, 0.4) is 0 Å². The van der Waals surface area contributed by atoms with Crippen LogP contribution < -0.4 is 0 Å². The van der Waals surface area contributed by atoms with Gasteiger partial charge in [0.05, 0.1) is 0 Å². The van der Waals surface area contributed by atoms with Crippen molar-refractivity contribution in [2.45, 2.75) is 25.4 Å². The Morgan fingerprint density at radius 2 is 2.12 bits per heavy atom. The topological polar surface area (TPSA) is 33.4 Å². The van der Waals surface area contributed by atoms with Gasteiger partial charge in [-0.15, -0.1) is 0 Å². The first-order valence-electron chi connectivity index (χ1n) is 5.49. The van der Waals surface area contributed by atoms with Crippen LogP contribution in [0.25, 0.3) is 11.0 Å². The maximum atomic E-state index is 13.0. The zero-order chi connectivity index (χ0) is 11.3. The van der Waals surface area contributed by atoms with Crippen molar-refractivity contribution in [3.63, 3.8) is 0 Å². The lowest BCUT2D eigenvalue weighted by molar-refractivity contribution is 0.0127. The van der Waals surface area contributed by atoms with Gasteiger partial charge in [-0.3, -0.25) is 0 Å². The second kappa shape index (κ2) is 3.08. The standard InChI is InChI=1S/C13H13FO2/c1-13(15,9-2-3-9)12-7-8-6-10(14)4-5-11(8)16-12/h4-7,9,15H,2-3H2,1H3. The number of halogens is 1. The van der Waals surface area contributed by atoms with Gasteiger partial charge in [0.1, 0.15) is 22.8 Å². The Morgan fingerprint density at radius 3 is 2.81 bits per heavy atom. The highest BCUT2D eigenvalue weighted by atomic mass is 19.1. The fourth-order valence-electron chi connectivity index (χ4n) is 2.11. The summed E-state index contributed by atoms with van der Waals surface area (Å²) in [4.78, 5) is 0. The number of rotatable bonds is 2. The first-order valence-corrected chi connectivity index (χ1v) is 5.49. The summed E-state index contributed by atoms with van der Waals surface area (Å²) < 4.78 is 18.6. The second-order valence-corrected chi connectivity index (χ2v) is 4.71. The van der Waals surface area contributed by atoms with Gasteiger partial charge in [-0.25, -0.2) is 4.39 Å². The smallest absolute Gasteiger partial charge is 0.136 e. The van der Waals surface area contributed by atoms with Gasteiger partial charge >= 0.3 is 0 Å². The van der Waals surface area contributed by atoms with E-state index in [1.165, 1.54) is 12.1 Å². The Bertz CT molecular complexity index is 538. The first-order chi connectivity index (χ1) is 7.57. The molecule has 1 unspecified atom stereocenters. The minimum atomic E-state index is -0.921. The summed E-state index contributed by atoms with van der Waals surface area (Å²) in [6.45, 7) is 1.76. The highest BCUT2D eigenvalue weighted by Crippen LogP contribution is 2.46. The molecular formula is C13H13FO2. The van der Waals surface area contributed by atoms with Crippen LogP contribution in [0.1, 0.15) is 25.5 Å². The fraction of sp³-hybridized carbons (Fsp3) is 0.385. The van der Waals surface area contributed by atoms with Crippen LogP contribution >= 0.6 is 0 Å². The third-order valence-electron chi connectivity index (χ3n) is 3.35. The molecule has 1 aromatic carbocycles. The molecule has 1 N–H and O–H groups in total. The summed E-state index contributed by atoms with van der Waals surface area (Å²) in [7, 11) is 0. The van der Waals surface area contributed by atoms with Crippen molar-refractivity contribution in [1.82, 2.24) is 0 Å². The molecule has 1 fully saturated rings. The average Bonchev–Trinajstić information content (AvgIpc) is 2.99. The molecule has 2 nitrogen and oxygen atoms in total. The monoisotopic (exact) mass is 220 g/mol. The van der Waals surface area contributed by atoms with Gasteiger partial charge < -0.3 is 9.52 Å². The van der Waals surface area contributed by atoms with E-state index in [0.29, 0.717) is 16.7 Å². The molecule has 0 bridgehead atoms. The average molecular weight is 220 g/mol. The number of benzene rings is 1. The highest BCUT2D eigenvalue weighted by Gasteiger charge is 2.43. The molecule has 1 heterocycles. The molecular weight excluding hydrogens is 207 g/mol. The van der Waals surface area contributed by atoms with Crippen molar-refractivity contribution >= 4 is 11.0 Å². The van der Waals surface area contributed by atoms with Crippen LogP contribution in [0.4, 0.5) is 4.39 Å². The van der Waals surface area contributed by atoms with Gasteiger partial charge in [0.25, 0.3) is 0 Å². The molecule has 0 spiro atoms. The largest absolute Gasteiger partial charge is 0.458 e. The lowest BCUT2D eigenvalue weighted by atomic mass is 9.97. The predicted molar refractivity (Wildman–Crippen MR) is 58.5 cm³/mol. The fourth-order valence-corrected chi connectivity index (χ4v) is 2.11. The molecule has 1 aromatic heterocycles. The Morgan fingerprint density at radius 1 is 1.38 bits per heavy atom. The van der Waals surface area contributed by atoms with E-state index in [1.54, 1.807) is 19.1 Å².